The highest BCUT2D eigenvalue weighted by atomic mass is 32.2. The first-order chi connectivity index (χ1) is 16.8. The number of thiophene rings is 1. The molecule has 6 rings (SSSR count). The van der Waals surface area contributed by atoms with Gasteiger partial charge in [-0.05, 0) is 43.4 Å². The highest BCUT2D eigenvalue weighted by molar-refractivity contribution is 7.98. The number of rotatable bonds is 8. The van der Waals surface area contributed by atoms with Gasteiger partial charge in [-0.2, -0.15) is 0 Å². The van der Waals surface area contributed by atoms with Gasteiger partial charge in [0, 0.05) is 48.0 Å². The summed E-state index contributed by atoms with van der Waals surface area (Å²) < 4.78 is 11.4. The summed E-state index contributed by atoms with van der Waals surface area (Å²) in [7, 11) is 0. The summed E-state index contributed by atoms with van der Waals surface area (Å²) in [6.45, 7) is 6.25. The van der Waals surface area contributed by atoms with Crippen molar-refractivity contribution in [2.75, 3.05) is 51.4 Å². The maximum atomic E-state index is 5.78. The molecule has 0 spiro atoms. The molecule has 0 amide bonds. The average molecular weight is 497 g/mol. The van der Waals surface area contributed by atoms with E-state index in [9.17, 15) is 0 Å². The van der Waals surface area contributed by atoms with Crippen molar-refractivity contribution in [3.05, 3.63) is 46.6 Å². The van der Waals surface area contributed by atoms with Crippen LogP contribution in [0.25, 0.3) is 10.2 Å². The van der Waals surface area contributed by atoms with Crippen molar-refractivity contribution < 1.29 is 9.47 Å². The molecule has 8 heteroatoms. The maximum absolute atomic E-state index is 5.78. The lowest BCUT2D eigenvalue weighted by Crippen LogP contribution is -2.50. The molecule has 180 valence electrons. The molecule has 2 aliphatic heterocycles. The van der Waals surface area contributed by atoms with Crippen LogP contribution in [0.1, 0.15) is 29.1 Å². The van der Waals surface area contributed by atoms with E-state index in [2.05, 4.69) is 40.5 Å². The molecule has 3 aromatic rings. The van der Waals surface area contributed by atoms with Gasteiger partial charge in [0.05, 0.1) is 31.0 Å². The minimum atomic E-state index is 0.435. The van der Waals surface area contributed by atoms with Gasteiger partial charge in [0.25, 0.3) is 0 Å². The lowest BCUT2D eigenvalue weighted by molar-refractivity contribution is 0.00460. The SMILES string of the molecule is c1ccc(SCc2nc(NC[C@H]([C@H]3CCOC3)N3CCOCC3)c3c4c(sc3n2)CCC4)cc1. The largest absolute Gasteiger partial charge is 0.381 e. The van der Waals surface area contributed by atoms with Gasteiger partial charge >= 0.3 is 0 Å². The Bertz CT molecular complexity index is 1110. The highest BCUT2D eigenvalue weighted by Gasteiger charge is 2.32. The van der Waals surface area contributed by atoms with Gasteiger partial charge < -0.3 is 14.8 Å². The van der Waals surface area contributed by atoms with Crippen LogP contribution in [-0.2, 0) is 28.1 Å². The van der Waals surface area contributed by atoms with Crippen molar-refractivity contribution in [2.45, 2.75) is 42.4 Å². The second-order valence-corrected chi connectivity index (χ2v) is 11.5. The van der Waals surface area contributed by atoms with Crippen LogP contribution in [0.4, 0.5) is 5.82 Å². The van der Waals surface area contributed by atoms with Crippen molar-refractivity contribution in [1.82, 2.24) is 14.9 Å². The second kappa shape index (κ2) is 10.5. The highest BCUT2D eigenvalue weighted by Crippen LogP contribution is 2.40. The van der Waals surface area contributed by atoms with Crippen LogP contribution in [0.3, 0.4) is 0 Å². The number of nitrogens with zero attached hydrogens (tertiary/aromatic N) is 3. The van der Waals surface area contributed by atoms with Crippen LogP contribution in [0.2, 0.25) is 0 Å². The Balaban J connectivity index is 1.27. The number of aryl methyl sites for hydroxylation is 2. The summed E-state index contributed by atoms with van der Waals surface area (Å²) in [6, 6.07) is 11.0. The number of nitrogens with one attached hydrogen (secondary N) is 1. The number of thioether (sulfide) groups is 1. The third kappa shape index (κ3) is 4.84. The molecule has 1 aromatic carbocycles. The van der Waals surface area contributed by atoms with Crippen molar-refractivity contribution in [3.8, 4) is 0 Å². The molecule has 2 saturated heterocycles. The second-order valence-electron chi connectivity index (χ2n) is 9.35. The molecule has 0 saturated carbocycles. The molecule has 34 heavy (non-hydrogen) atoms. The fourth-order valence-corrected chi connectivity index (χ4v) is 7.51. The summed E-state index contributed by atoms with van der Waals surface area (Å²) in [5.74, 6) is 3.28. The van der Waals surface area contributed by atoms with Gasteiger partial charge in [-0.15, -0.1) is 23.1 Å². The zero-order valence-electron chi connectivity index (χ0n) is 19.5. The first-order valence-electron chi connectivity index (χ1n) is 12.5. The minimum absolute atomic E-state index is 0.435. The van der Waals surface area contributed by atoms with E-state index in [1.54, 1.807) is 11.8 Å². The fraction of sp³-hybridized carbons (Fsp3) is 0.538. The number of ether oxygens (including phenoxy) is 2. The normalized spacial score (nSPS) is 21.7. The van der Waals surface area contributed by atoms with Crippen LogP contribution in [0.5, 0.6) is 0 Å². The van der Waals surface area contributed by atoms with E-state index in [0.29, 0.717) is 12.0 Å². The van der Waals surface area contributed by atoms with E-state index >= 15 is 0 Å². The minimum Gasteiger partial charge on any atom is -0.381 e. The molecule has 1 N–H and O–H groups in total. The molecule has 1 aliphatic carbocycles. The Morgan fingerprint density at radius 1 is 1.09 bits per heavy atom. The predicted octanol–water partition coefficient (Wildman–Crippen LogP) is 4.62. The monoisotopic (exact) mass is 496 g/mol. The molecule has 2 aromatic heterocycles. The van der Waals surface area contributed by atoms with Gasteiger partial charge in [0.1, 0.15) is 16.5 Å². The number of hydrogen-bond acceptors (Lipinski definition) is 8. The quantitative estimate of drug-likeness (QED) is 0.457. The zero-order chi connectivity index (χ0) is 22.7. The number of benzene rings is 1. The van der Waals surface area contributed by atoms with Crippen molar-refractivity contribution in [1.29, 1.82) is 0 Å². The Labute approximate surface area is 209 Å². The summed E-state index contributed by atoms with van der Waals surface area (Å²) >= 11 is 3.68. The lowest BCUT2D eigenvalue weighted by Gasteiger charge is -2.37. The first-order valence-corrected chi connectivity index (χ1v) is 14.3. The molecule has 0 radical (unpaired) electrons. The van der Waals surface area contributed by atoms with Gasteiger partial charge in [0.2, 0.25) is 0 Å². The Morgan fingerprint density at radius 3 is 2.79 bits per heavy atom. The zero-order valence-corrected chi connectivity index (χ0v) is 21.1. The van der Waals surface area contributed by atoms with Crippen LogP contribution in [0, 0.1) is 5.92 Å². The van der Waals surface area contributed by atoms with Crippen LogP contribution < -0.4 is 5.32 Å². The molecule has 2 fully saturated rings. The smallest absolute Gasteiger partial charge is 0.142 e. The van der Waals surface area contributed by atoms with E-state index in [0.717, 1.165) is 81.1 Å². The summed E-state index contributed by atoms with van der Waals surface area (Å²) in [5, 5.41) is 5.10. The molecule has 2 atom stereocenters. The van der Waals surface area contributed by atoms with Gasteiger partial charge in [-0.25, -0.2) is 9.97 Å². The molecule has 3 aliphatic rings. The van der Waals surface area contributed by atoms with Crippen LogP contribution >= 0.6 is 23.1 Å². The average Bonchev–Trinajstić information content (AvgIpc) is 3.62. The molecule has 0 unspecified atom stereocenters. The summed E-state index contributed by atoms with van der Waals surface area (Å²) in [5.41, 5.74) is 1.48. The van der Waals surface area contributed by atoms with Gasteiger partial charge in [-0.1, -0.05) is 18.2 Å². The molecule has 6 nitrogen and oxygen atoms in total. The van der Waals surface area contributed by atoms with E-state index in [4.69, 9.17) is 19.4 Å². The number of fused-ring (bicyclic) bond motifs is 3. The number of hydrogen-bond donors (Lipinski definition) is 1. The third-order valence-electron chi connectivity index (χ3n) is 7.22. The maximum Gasteiger partial charge on any atom is 0.142 e. The lowest BCUT2D eigenvalue weighted by atomic mass is 9.97. The van der Waals surface area contributed by atoms with E-state index in [-0.39, 0.29) is 0 Å². The van der Waals surface area contributed by atoms with Crippen LogP contribution in [0.15, 0.2) is 35.2 Å². The fourth-order valence-electron chi connectivity index (χ4n) is 5.46. The number of aromatic nitrogens is 2. The van der Waals surface area contributed by atoms with Crippen molar-refractivity contribution in [3.63, 3.8) is 0 Å². The van der Waals surface area contributed by atoms with Crippen molar-refractivity contribution in [2.24, 2.45) is 5.92 Å². The van der Waals surface area contributed by atoms with Crippen LogP contribution in [-0.4, -0.2) is 67.0 Å². The van der Waals surface area contributed by atoms with Gasteiger partial charge in [-0.3, -0.25) is 4.90 Å². The van der Waals surface area contributed by atoms with E-state index in [1.165, 1.54) is 33.6 Å². The molecular formula is C26H32N4O2S2. The Morgan fingerprint density at radius 2 is 1.97 bits per heavy atom. The van der Waals surface area contributed by atoms with E-state index < -0.39 is 0 Å². The first kappa shape index (κ1) is 22.7. The predicted molar refractivity (Wildman–Crippen MR) is 139 cm³/mol. The summed E-state index contributed by atoms with van der Waals surface area (Å²) in [4.78, 5) is 16.6. The van der Waals surface area contributed by atoms with Crippen molar-refractivity contribution >= 4 is 39.1 Å². The Kier molecular flexibility index (Phi) is 7.02. The molecular weight excluding hydrogens is 464 g/mol. The van der Waals surface area contributed by atoms with Gasteiger partial charge in [0.15, 0.2) is 0 Å². The summed E-state index contributed by atoms with van der Waals surface area (Å²) in [6.07, 6.45) is 4.71. The number of morpholine rings is 1. The Hall–Kier alpha value is -1.71. The standard InChI is InChI=1S/C26H32N4O2S2/c1-2-5-19(6-3-1)33-17-23-28-25(24-20-7-4-8-22(20)34-26(24)29-23)27-15-21(18-9-12-32-16-18)30-10-13-31-14-11-30/h1-3,5-6,18,21H,4,7-17H2,(H,27,28,29)/t18-,21+/m0/s1. The topological polar surface area (TPSA) is 59.5 Å². The number of anilines is 1. The third-order valence-corrected chi connectivity index (χ3v) is 9.42. The van der Waals surface area contributed by atoms with E-state index in [1.807, 2.05) is 11.3 Å². The molecule has 0 bridgehead atoms. The molecule has 4 heterocycles.